The quantitative estimate of drug-likeness (QED) is 0.694. The fraction of sp³-hybridized carbons (Fsp3) is 0.261. The number of nitrogens with zero attached hydrogens (tertiary/aromatic N) is 2. The number of hydrogen-bond acceptors (Lipinski definition) is 4. The topological polar surface area (TPSA) is 87.9 Å². The van der Waals surface area contributed by atoms with E-state index in [-0.39, 0.29) is 5.56 Å². The number of aromatic nitrogens is 2. The first kappa shape index (κ1) is 18.8. The van der Waals surface area contributed by atoms with Crippen molar-refractivity contribution < 1.29 is 9.53 Å². The van der Waals surface area contributed by atoms with E-state index in [9.17, 15) is 14.9 Å². The molecule has 3 aromatic rings. The molecule has 146 valence electrons. The summed E-state index contributed by atoms with van der Waals surface area (Å²) in [6.45, 7) is 5.82. The van der Waals surface area contributed by atoms with E-state index in [4.69, 9.17) is 4.74 Å². The Balaban J connectivity index is 1.69. The van der Waals surface area contributed by atoms with Gasteiger partial charge in [0.25, 0.3) is 5.56 Å². The summed E-state index contributed by atoms with van der Waals surface area (Å²) in [5.41, 5.74) is 2.35. The molecule has 1 aliphatic rings. The summed E-state index contributed by atoms with van der Waals surface area (Å²) in [7, 11) is 0. The largest absolute Gasteiger partial charge is 0.451 e. The van der Waals surface area contributed by atoms with Crippen LogP contribution in [0, 0.1) is 11.3 Å². The number of H-pyrrole nitrogens is 1. The van der Waals surface area contributed by atoms with Crippen LogP contribution >= 0.6 is 0 Å². The first-order chi connectivity index (χ1) is 13.8. The van der Waals surface area contributed by atoms with Gasteiger partial charge in [-0.15, -0.1) is 0 Å². The molecule has 2 aromatic heterocycles. The minimum absolute atomic E-state index is 0.0320. The molecule has 3 heterocycles. The summed E-state index contributed by atoms with van der Waals surface area (Å²) in [5, 5.41) is 10.8. The van der Waals surface area contributed by atoms with E-state index in [1.54, 1.807) is 33.0 Å². The smallest absolute Gasteiger partial charge is 0.339 e. The lowest BCUT2D eigenvalue weighted by molar-refractivity contribution is -0.142. The fourth-order valence-electron chi connectivity index (χ4n) is 3.77. The van der Waals surface area contributed by atoms with E-state index in [0.717, 1.165) is 22.0 Å². The molecule has 1 N–H and O–H groups in total. The van der Waals surface area contributed by atoms with Gasteiger partial charge in [-0.3, -0.25) is 4.79 Å². The van der Waals surface area contributed by atoms with Gasteiger partial charge < -0.3 is 14.3 Å². The van der Waals surface area contributed by atoms with Crippen LogP contribution in [-0.4, -0.2) is 21.1 Å². The molecule has 0 saturated carbocycles. The zero-order valence-corrected chi connectivity index (χ0v) is 16.6. The molecule has 0 saturated heterocycles. The van der Waals surface area contributed by atoms with E-state index in [1.165, 1.54) is 4.57 Å². The second kappa shape index (κ2) is 6.78. The monoisotopic (exact) mass is 387 g/mol. The van der Waals surface area contributed by atoms with Crippen LogP contribution in [-0.2, 0) is 22.5 Å². The molecule has 0 aliphatic carbocycles. The van der Waals surface area contributed by atoms with Crippen molar-refractivity contribution in [1.82, 2.24) is 9.55 Å². The summed E-state index contributed by atoms with van der Waals surface area (Å²) in [4.78, 5) is 28.5. The summed E-state index contributed by atoms with van der Waals surface area (Å²) < 4.78 is 6.92. The van der Waals surface area contributed by atoms with Crippen molar-refractivity contribution in [2.45, 2.75) is 39.3 Å². The average Bonchev–Trinajstić information content (AvgIpc) is 3.18. The molecule has 0 spiro atoms. The number of benzene rings is 1. The molecule has 0 radical (unpaired) electrons. The molecule has 0 bridgehead atoms. The van der Waals surface area contributed by atoms with E-state index < -0.39 is 17.1 Å². The Morgan fingerprint density at radius 1 is 1.21 bits per heavy atom. The summed E-state index contributed by atoms with van der Waals surface area (Å²) in [5.74, 6) is -0.500. The van der Waals surface area contributed by atoms with Gasteiger partial charge in [-0.25, -0.2) is 4.79 Å². The molecular formula is C23H21N3O3. The van der Waals surface area contributed by atoms with Gasteiger partial charge in [-0.1, -0.05) is 18.2 Å². The maximum Gasteiger partial charge on any atom is 0.339 e. The predicted molar refractivity (Wildman–Crippen MR) is 110 cm³/mol. The van der Waals surface area contributed by atoms with Crippen LogP contribution in [0.5, 0.6) is 0 Å². The molecule has 0 atom stereocenters. The van der Waals surface area contributed by atoms with Gasteiger partial charge in [0, 0.05) is 35.4 Å². The summed E-state index contributed by atoms with van der Waals surface area (Å²) >= 11 is 0. The van der Waals surface area contributed by atoms with Crippen LogP contribution in [0.2, 0.25) is 0 Å². The van der Waals surface area contributed by atoms with Crippen molar-refractivity contribution in [2.24, 2.45) is 0 Å². The second-order valence-corrected chi connectivity index (χ2v) is 7.72. The molecule has 4 rings (SSSR count). The lowest BCUT2D eigenvalue weighted by Crippen LogP contribution is -2.24. The van der Waals surface area contributed by atoms with Crippen LogP contribution in [0.25, 0.3) is 16.5 Å². The fourth-order valence-corrected chi connectivity index (χ4v) is 3.77. The van der Waals surface area contributed by atoms with Gasteiger partial charge >= 0.3 is 5.97 Å². The number of nitriles is 1. The number of cyclic esters (lactones) is 1. The van der Waals surface area contributed by atoms with Gasteiger partial charge in [-0.05, 0) is 50.5 Å². The van der Waals surface area contributed by atoms with Gasteiger partial charge in [0.1, 0.15) is 17.2 Å². The number of esters is 1. The SMILES string of the molecule is CC1=C(c2ccn(CCc3c[nH]c4ccccc34)c(=O)c2C#N)C(=O)OC1(C)C. The van der Waals surface area contributed by atoms with Gasteiger partial charge in [0.2, 0.25) is 0 Å². The summed E-state index contributed by atoms with van der Waals surface area (Å²) in [6, 6.07) is 11.6. The number of carbonyl (C=O) groups excluding carboxylic acids is 1. The van der Waals surface area contributed by atoms with Crippen molar-refractivity contribution >= 4 is 22.4 Å². The Labute approximate surface area is 168 Å². The van der Waals surface area contributed by atoms with Gasteiger partial charge in [0.15, 0.2) is 0 Å². The normalized spacial score (nSPS) is 15.6. The number of aryl methyl sites for hydroxylation is 2. The number of nitrogens with one attached hydrogen (secondary N) is 1. The molecule has 6 heteroatoms. The van der Waals surface area contributed by atoms with E-state index in [2.05, 4.69) is 4.98 Å². The molecule has 29 heavy (non-hydrogen) atoms. The lowest BCUT2D eigenvalue weighted by atomic mass is 9.92. The third-order valence-corrected chi connectivity index (χ3v) is 5.67. The van der Waals surface area contributed by atoms with Crippen molar-refractivity contribution in [2.75, 3.05) is 0 Å². The third-order valence-electron chi connectivity index (χ3n) is 5.67. The standard InChI is InChI=1S/C23H21N3O3/c1-14-20(22(28)29-23(14,2)3)17-9-11-26(21(27)18(17)12-24)10-8-15-13-25-19-7-5-4-6-16(15)19/h4-7,9,11,13,25H,8,10H2,1-3H3. The number of aromatic amines is 1. The maximum atomic E-state index is 12.9. The first-order valence-corrected chi connectivity index (χ1v) is 9.47. The molecule has 0 fully saturated rings. The Hall–Kier alpha value is -3.59. The van der Waals surface area contributed by atoms with Crippen LogP contribution in [0.3, 0.4) is 0 Å². The minimum atomic E-state index is -0.747. The highest BCUT2D eigenvalue weighted by atomic mass is 16.6. The number of para-hydroxylation sites is 1. The highest BCUT2D eigenvalue weighted by Crippen LogP contribution is 2.37. The Bertz CT molecular complexity index is 1270. The Morgan fingerprint density at radius 3 is 2.66 bits per heavy atom. The van der Waals surface area contributed by atoms with Crippen LogP contribution in [0.15, 0.2) is 53.1 Å². The number of ether oxygens (including phenoxy) is 1. The van der Waals surface area contributed by atoms with Gasteiger partial charge in [0.05, 0.1) is 5.57 Å². The maximum absolute atomic E-state index is 12.9. The van der Waals surface area contributed by atoms with Crippen molar-refractivity contribution in [3.63, 3.8) is 0 Å². The zero-order chi connectivity index (χ0) is 20.8. The second-order valence-electron chi connectivity index (χ2n) is 7.72. The number of fused-ring (bicyclic) bond motifs is 1. The molecule has 0 amide bonds. The summed E-state index contributed by atoms with van der Waals surface area (Å²) in [6.07, 6.45) is 4.23. The van der Waals surface area contributed by atoms with Gasteiger partial charge in [-0.2, -0.15) is 5.26 Å². The van der Waals surface area contributed by atoms with Crippen molar-refractivity contribution in [1.29, 1.82) is 5.26 Å². The van der Waals surface area contributed by atoms with E-state index in [1.807, 2.05) is 36.5 Å². The number of carbonyl (C=O) groups is 1. The molecule has 1 aromatic carbocycles. The highest BCUT2D eigenvalue weighted by Gasteiger charge is 2.39. The number of pyridine rings is 1. The van der Waals surface area contributed by atoms with Crippen LogP contribution in [0.4, 0.5) is 0 Å². The minimum Gasteiger partial charge on any atom is -0.451 e. The van der Waals surface area contributed by atoms with E-state index >= 15 is 0 Å². The Kier molecular flexibility index (Phi) is 4.39. The molecule has 0 unspecified atom stereocenters. The first-order valence-electron chi connectivity index (χ1n) is 9.47. The Morgan fingerprint density at radius 2 is 1.97 bits per heavy atom. The van der Waals surface area contributed by atoms with E-state index in [0.29, 0.717) is 24.1 Å². The average molecular weight is 387 g/mol. The third kappa shape index (κ3) is 3.05. The van der Waals surface area contributed by atoms with Crippen molar-refractivity contribution in [3.05, 3.63) is 75.3 Å². The van der Waals surface area contributed by atoms with Crippen LogP contribution < -0.4 is 5.56 Å². The van der Waals surface area contributed by atoms with Crippen molar-refractivity contribution in [3.8, 4) is 6.07 Å². The van der Waals surface area contributed by atoms with Crippen LogP contribution in [0.1, 0.15) is 37.5 Å². The number of hydrogen-bond donors (Lipinski definition) is 1. The lowest BCUT2D eigenvalue weighted by Gasteiger charge is -2.18. The number of rotatable bonds is 4. The zero-order valence-electron chi connectivity index (χ0n) is 16.6. The highest BCUT2D eigenvalue weighted by molar-refractivity contribution is 6.20. The molecule has 1 aliphatic heterocycles. The molecule has 6 nitrogen and oxygen atoms in total. The molecular weight excluding hydrogens is 366 g/mol. The predicted octanol–water partition coefficient (Wildman–Crippen LogP) is 3.55.